The molecule has 4 heterocycles. The molecular formula is C55H59N5. The van der Waals surface area contributed by atoms with Crippen molar-refractivity contribution in [3.63, 3.8) is 0 Å². The van der Waals surface area contributed by atoms with Crippen LogP contribution in [0, 0.1) is 19.3 Å². The maximum absolute atomic E-state index is 5.77. The van der Waals surface area contributed by atoms with E-state index in [1.54, 1.807) is 0 Å². The van der Waals surface area contributed by atoms with Crippen molar-refractivity contribution in [1.82, 2.24) is 19.0 Å². The minimum Gasteiger partial charge on any atom is -0.351 e. The first kappa shape index (κ1) is 38.5. The number of pyridine rings is 1. The number of hydrogen-bond donors (Lipinski definition) is 0. The summed E-state index contributed by atoms with van der Waals surface area (Å²) >= 11 is 0. The second kappa shape index (κ2) is 13.9. The molecule has 60 heavy (non-hydrogen) atoms. The molecule has 10 rings (SSSR count). The van der Waals surface area contributed by atoms with E-state index in [9.17, 15) is 0 Å². The van der Waals surface area contributed by atoms with Crippen LogP contribution in [0.2, 0.25) is 0 Å². The van der Waals surface area contributed by atoms with E-state index in [1.807, 2.05) is 6.20 Å². The number of aryl methyl sites for hydroxylation is 2. The third-order valence-corrected chi connectivity index (χ3v) is 14.1. The number of benzene rings is 5. The Balaban J connectivity index is 1.23. The average molecular weight is 790 g/mol. The van der Waals surface area contributed by atoms with Crippen LogP contribution in [0.4, 0.5) is 0 Å². The molecule has 5 nitrogen and oxygen atoms in total. The van der Waals surface area contributed by atoms with Crippen molar-refractivity contribution in [3.8, 4) is 22.5 Å². The van der Waals surface area contributed by atoms with Crippen LogP contribution < -0.4 is 0 Å². The van der Waals surface area contributed by atoms with Crippen LogP contribution in [0.5, 0.6) is 0 Å². The molecule has 1 aliphatic heterocycles. The van der Waals surface area contributed by atoms with Crippen molar-refractivity contribution in [2.45, 2.75) is 111 Å². The Labute approximate surface area is 355 Å². The predicted octanol–water partition coefficient (Wildman–Crippen LogP) is 14.1. The number of aromatic nitrogens is 3. The zero-order valence-electron chi connectivity index (χ0n) is 37.0. The molecule has 0 spiro atoms. The highest BCUT2D eigenvalue weighted by molar-refractivity contribution is 6.13. The molecule has 0 radical (unpaired) electrons. The number of aliphatic imine (C=N–C) groups is 1. The van der Waals surface area contributed by atoms with E-state index in [1.165, 1.54) is 104 Å². The summed E-state index contributed by atoms with van der Waals surface area (Å²) in [6, 6.07) is 41.5. The highest BCUT2D eigenvalue weighted by Crippen LogP contribution is 2.44. The summed E-state index contributed by atoms with van der Waals surface area (Å²) in [7, 11) is 0. The number of hydrogen-bond acceptors (Lipinski definition) is 3. The van der Waals surface area contributed by atoms with Crippen LogP contribution in [0.1, 0.15) is 103 Å². The summed E-state index contributed by atoms with van der Waals surface area (Å²) in [5.74, 6) is 1.17. The van der Waals surface area contributed by atoms with E-state index in [2.05, 4.69) is 186 Å². The van der Waals surface area contributed by atoms with E-state index in [0.29, 0.717) is 6.04 Å². The molecule has 0 N–H and O–H groups in total. The molecule has 2 aliphatic rings. The van der Waals surface area contributed by atoms with Crippen molar-refractivity contribution in [2.24, 2.45) is 10.4 Å². The molecule has 8 aromatic rings. The van der Waals surface area contributed by atoms with E-state index < -0.39 is 0 Å². The molecule has 1 saturated carbocycles. The zero-order valence-corrected chi connectivity index (χ0v) is 37.0. The monoisotopic (exact) mass is 789 g/mol. The summed E-state index contributed by atoms with van der Waals surface area (Å²) < 4.78 is 4.92. The molecule has 304 valence electrons. The third-order valence-electron chi connectivity index (χ3n) is 14.1. The SMILES string of the molecule is Cc1ccc2c(c1)c1cc(C)c(-n3c4ccc(-c5ccccc5)cc4c4cccnc43)cc1n2-c1cc(C2=N[C@](C)(C(C)(C)C)CN2C2CCCCC2)cc(C(C)(C)C)c1. The van der Waals surface area contributed by atoms with Crippen LogP contribution in [0.15, 0.2) is 120 Å². The Morgan fingerprint density at radius 1 is 0.617 bits per heavy atom. The van der Waals surface area contributed by atoms with Gasteiger partial charge in [0.25, 0.3) is 0 Å². The molecule has 0 unspecified atom stereocenters. The van der Waals surface area contributed by atoms with E-state index in [4.69, 9.17) is 9.98 Å². The van der Waals surface area contributed by atoms with Gasteiger partial charge in [-0.15, -0.1) is 0 Å². The van der Waals surface area contributed by atoms with Gasteiger partial charge in [0, 0.05) is 51.6 Å². The molecule has 3 aromatic heterocycles. The van der Waals surface area contributed by atoms with Gasteiger partial charge in [-0.2, -0.15) is 0 Å². The molecule has 0 amide bonds. The third kappa shape index (κ3) is 6.26. The van der Waals surface area contributed by atoms with Crippen molar-refractivity contribution < 1.29 is 0 Å². The Hall–Kier alpha value is -5.68. The lowest BCUT2D eigenvalue weighted by Crippen LogP contribution is -2.47. The van der Waals surface area contributed by atoms with Gasteiger partial charge >= 0.3 is 0 Å². The standard InChI is InChI=1S/C55H59N5/c1-35-22-24-47-44(27-35)45-28-36(2)49(60-48-25-23-38(37-17-12-10-13-18-37)31-46(48)43-21-16-26-56-52(43)60)33-50(45)59(47)42-30-39(29-40(32-42)53(3,4)5)51-57-55(9,54(6,7)8)34-58(51)41-19-14-11-15-20-41/h10,12-13,16-18,21-33,41H,11,14-15,19-20,34H2,1-9H3/t55-/m0/s1. The second-order valence-corrected chi connectivity index (χ2v) is 20.2. The topological polar surface area (TPSA) is 38.4 Å². The second-order valence-electron chi connectivity index (χ2n) is 20.2. The van der Waals surface area contributed by atoms with Crippen LogP contribution in [0.3, 0.4) is 0 Å². The van der Waals surface area contributed by atoms with Crippen LogP contribution in [-0.4, -0.2) is 43.0 Å². The fourth-order valence-electron chi connectivity index (χ4n) is 10.1. The Bertz CT molecular complexity index is 3000. The lowest BCUT2D eigenvalue weighted by Gasteiger charge is -2.39. The summed E-state index contributed by atoms with van der Waals surface area (Å²) in [6.07, 6.45) is 8.34. The van der Waals surface area contributed by atoms with Gasteiger partial charge in [-0.25, -0.2) is 4.98 Å². The van der Waals surface area contributed by atoms with Crippen molar-refractivity contribution >= 4 is 49.6 Å². The molecule has 1 fully saturated rings. The average Bonchev–Trinajstić information content (AvgIpc) is 3.88. The summed E-state index contributed by atoms with van der Waals surface area (Å²) in [4.78, 5) is 13.5. The lowest BCUT2D eigenvalue weighted by molar-refractivity contribution is 0.160. The first-order valence-electron chi connectivity index (χ1n) is 22.2. The lowest BCUT2D eigenvalue weighted by atomic mass is 9.75. The van der Waals surface area contributed by atoms with Gasteiger partial charge in [0.15, 0.2) is 0 Å². The first-order valence-corrected chi connectivity index (χ1v) is 22.2. The predicted molar refractivity (Wildman–Crippen MR) is 255 cm³/mol. The number of nitrogens with zero attached hydrogens (tertiary/aromatic N) is 5. The van der Waals surface area contributed by atoms with Crippen molar-refractivity contribution in [3.05, 3.63) is 138 Å². The van der Waals surface area contributed by atoms with Crippen LogP contribution in [0.25, 0.3) is 66.2 Å². The van der Waals surface area contributed by atoms with Crippen LogP contribution in [-0.2, 0) is 5.41 Å². The number of amidine groups is 1. The molecule has 0 saturated heterocycles. The van der Waals surface area contributed by atoms with Gasteiger partial charge in [-0.1, -0.05) is 109 Å². The normalized spacial score (nSPS) is 18.1. The minimum absolute atomic E-state index is 0.0237. The van der Waals surface area contributed by atoms with E-state index in [-0.39, 0.29) is 16.4 Å². The van der Waals surface area contributed by atoms with Gasteiger partial charge in [-0.3, -0.25) is 9.56 Å². The van der Waals surface area contributed by atoms with Gasteiger partial charge in [0.2, 0.25) is 0 Å². The minimum atomic E-state index is -0.188. The fourth-order valence-corrected chi connectivity index (χ4v) is 10.1. The number of fused-ring (bicyclic) bond motifs is 6. The zero-order chi connectivity index (χ0) is 41.7. The molecule has 0 bridgehead atoms. The van der Waals surface area contributed by atoms with Crippen LogP contribution >= 0.6 is 0 Å². The number of rotatable bonds is 5. The maximum atomic E-state index is 5.77. The summed E-state index contributed by atoms with van der Waals surface area (Å²) in [5.41, 5.74) is 14.1. The van der Waals surface area contributed by atoms with Gasteiger partial charge < -0.3 is 9.47 Å². The van der Waals surface area contributed by atoms with Gasteiger partial charge in [-0.05, 0) is 133 Å². The molecule has 5 aromatic carbocycles. The molecule has 1 atom stereocenters. The smallest absolute Gasteiger partial charge is 0.145 e. The van der Waals surface area contributed by atoms with E-state index in [0.717, 1.165) is 28.8 Å². The molecule has 1 aliphatic carbocycles. The van der Waals surface area contributed by atoms with E-state index >= 15 is 0 Å². The first-order chi connectivity index (χ1) is 28.7. The fraction of sp³-hybridized carbons (Fsp3) is 0.345. The largest absolute Gasteiger partial charge is 0.351 e. The van der Waals surface area contributed by atoms with Gasteiger partial charge in [0.1, 0.15) is 11.5 Å². The highest BCUT2D eigenvalue weighted by Gasteiger charge is 2.46. The quantitative estimate of drug-likeness (QED) is 0.174. The van der Waals surface area contributed by atoms with Crippen molar-refractivity contribution in [1.29, 1.82) is 0 Å². The van der Waals surface area contributed by atoms with Gasteiger partial charge in [0.05, 0.1) is 27.8 Å². The highest BCUT2D eigenvalue weighted by atomic mass is 15.3. The summed E-state index contributed by atoms with van der Waals surface area (Å²) in [5, 5.41) is 4.91. The Kier molecular flexibility index (Phi) is 8.95. The molecular weight excluding hydrogens is 731 g/mol. The molecule has 5 heteroatoms. The van der Waals surface area contributed by atoms with Crippen molar-refractivity contribution in [2.75, 3.05) is 6.54 Å². The Morgan fingerprint density at radius 3 is 2.08 bits per heavy atom. The Morgan fingerprint density at radius 2 is 1.33 bits per heavy atom. The maximum Gasteiger partial charge on any atom is 0.145 e. The summed E-state index contributed by atoms with van der Waals surface area (Å²) in [6.45, 7) is 21.9.